The van der Waals surface area contributed by atoms with Crippen molar-refractivity contribution in [3.8, 4) is 11.3 Å². The fourth-order valence-corrected chi connectivity index (χ4v) is 0.417. The Balaban J connectivity index is 3.46. The average molecular weight is 155 g/mol. The van der Waals surface area contributed by atoms with Crippen LogP contribution in [0.25, 0.3) is 0 Å². The van der Waals surface area contributed by atoms with E-state index in [1.807, 2.05) is 11.3 Å². The molecule has 1 unspecified atom stereocenters. The molecule has 0 bridgehead atoms. The van der Waals surface area contributed by atoms with E-state index in [1.165, 1.54) is 0 Å². The van der Waals surface area contributed by atoms with Crippen LogP contribution in [0.3, 0.4) is 0 Å². The minimum Gasteiger partial charge on any atom is -0.380 e. The fourth-order valence-electron chi connectivity index (χ4n) is 0.291. The molecule has 0 aliphatic carbocycles. The Kier molecular flexibility index (Phi) is 4.37. The molecule has 0 aromatic carbocycles. The van der Waals surface area contributed by atoms with Crippen LogP contribution >= 0.6 is 11.6 Å². The van der Waals surface area contributed by atoms with Gasteiger partial charge >= 0.3 is 0 Å². The molecule has 0 aliphatic heterocycles. The Morgan fingerprint density at radius 1 is 1.56 bits per heavy atom. The van der Waals surface area contributed by atoms with E-state index in [4.69, 9.17) is 16.7 Å². The highest BCUT2D eigenvalue weighted by molar-refractivity contribution is 6.30. The molecule has 1 atom stereocenters. The maximum absolute atomic E-state index is 11.3. The van der Waals surface area contributed by atoms with Crippen LogP contribution in [0.4, 0.5) is 8.78 Å². The summed E-state index contributed by atoms with van der Waals surface area (Å²) in [6.45, 7) is 0. The van der Waals surface area contributed by atoms with Gasteiger partial charge in [0.15, 0.2) is 0 Å². The zero-order valence-electron chi connectivity index (χ0n) is 4.44. The topological polar surface area (TPSA) is 20.2 Å². The second-order valence-corrected chi connectivity index (χ2v) is 1.57. The van der Waals surface area contributed by atoms with Crippen molar-refractivity contribution in [1.82, 2.24) is 0 Å². The molecule has 0 saturated carbocycles. The van der Waals surface area contributed by atoms with E-state index >= 15 is 0 Å². The van der Waals surface area contributed by atoms with Gasteiger partial charge in [-0.2, -0.15) is 0 Å². The van der Waals surface area contributed by atoms with Crippen molar-refractivity contribution in [2.24, 2.45) is 0 Å². The maximum atomic E-state index is 11.3. The van der Waals surface area contributed by atoms with Crippen molar-refractivity contribution >= 4 is 11.6 Å². The predicted molar refractivity (Wildman–Crippen MR) is 30.3 cm³/mol. The summed E-state index contributed by atoms with van der Waals surface area (Å²) in [7, 11) is 0. The lowest BCUT2D eigenvalue weighted by Gasteiger charge is -1.98. The molecule has 0 spiro atoms. The van der Waals surface area contributed by atoms with Crippen molar-refractivity contribution < 1.29 is 13.9 Å². The van der Waals surface area contributed by atoms with Crippen molar-refractivity contribution in [3.05, 3.63) is 0 Å². The van der Waals surface area contributed by atoms with Crippen molar-refractivity contribution in [2.75, 3.05) is 0 Å². The third-order valence-corrected chi connectivity index (χ3v) is 0.732. The van der Waals surface area contributed by atoms with E-state index in [1.54, 1.807) is 0 Å². The summed E-state index contributed by atoms with van der Waals surface area (Å²) >= 11 is 4.81. The van der Waals surface area contributed by atoms with E-state index in [0.717, 1.165) is 0 Å². The number of halogens is 3. The molecule has 0 fully saturated rings. The zero-order valence-corrected chi connectivity index (χ0v) is 5.20. The molecule has 1 N–H and O–H groups in total. The van der Waals surface area contributed by atoms with Gasteiger partial charge in [0, 0.05) is 11.8 Å². The molecule has 9 heavy (non-hydrogen) atoms. The van der Waals surface area contributed by atoms with Crippen LogP contribution in [0.5, 0.6) is 0 Å². The first-order valence-electron chi connectivity index (χ1n) is 2.24. The van der Waals surface area contributed by atoms with Gasteiger partial charge in [0.05, 0.1) is 0 Å². The maximum Gasteiger partial charge on any atom is 0.242 e. The summed E-state index contributed by atoms with van der Waals surface area (Å²) in [5.74, 6) is 1.97. The first kappa shape index (κ1) is 8.67. The fraction of sp³-hybridized carbons (Fsp3) is 0.600. The number of rotatable bonds is 2. The molecule has 0 amide bonds. The minimum absolute atomic E-state index is 0.639. The summed E-state index contributed by atoms with van der Waals surface area (Å²) in [4.78, 5) is 0. The number of aliphatic hydroxyl groups excluding tert-OH is 1. The van der Waals surface area contributed by atoms with Gasteiger partial charge in [-0.05, 0) is 11.6 Å². The largest absolute Gasteiger partial charge is 0.380 e. The van der Waals surface area contributed by atoms with Gasteiger partial charge in [-0.1, -0.05) is 5.92 Å². The summed E-state index contributed by atoms with van der Waals surface area (Å²) in [5.41, 5.74) is 0. The van der Waals surface area contributed by atoms with Crippen molar-refractivity contribution in [2.45, 2.75) is 19.0 Å². The summed E-state index contributed by atoms with van der Waals surface area (Å²) in [5, 5.41) is 10.3. The SMILES string of the molecule is OC(C#CCl)CC(F)F. The van der Waals surface area contributed by atoms with Crippen LogP contribution in [0.1, 0.15) is 6.42 Å². The van der Waals surface area contributed by atoms with Gasteiger partial charge in [-0.3, -0.25) is 0 Å². The highest BCUT2D eigenvalue weighted by Gasteiger charge is 2.08. The Hall–Kier alpha value is -0.330. The molecule has 0 aromatic heterocycles. The predicted octanol–water partition coefficient (Wildman–Crippen LogP) is 1.20. The quantitative estimate of drug-likeness (QED) is 0.593. The highest BCUT2D eigenvalue weighted by atomic mass is 35.5. The van der Waals surface area contributed by atoms with Gasteiger partial charge in [-0.15, -0.1) is 0 Å². The molecule has 0 saturated heterocycles. The lowest BCUT2D eigenvalue weighted by molar-refractivity contribution is 0.0858. The van der Waals surface area contributed by atoms with Gasteiger partial charge in [-0.25, -0.2) is 8.78 Å². The van der Waals surface area contributed by atoms with E-state index in [9.17, 15) is 8.78 Å². The molecule has 52 valence electrons. The number of alkyl halides is 2. The molecular formula is C5H5ClF2O. The molecule has 1 nitrogen and oxygen atoms in total. The second kappa shape index (κ2) is 4.54. The van der Waals surface area contributed by atoms with E-state index in [0.29, 0.717) is 0 Å². The molecule has 0 radical (unpaired) electrons. The third-order valence-electron chi connectivity index (χ3n) is 0.623. The van der Waals surface area contributed by atoms with Crippen LogP contribution in [-0.4, -0.2) is 17.6 Å². The van der Waals surface area contributed by atoms with E-state index in [2.05, 4.69) is 0 Å². The van der Waals surface area contributed by atoms with Crippen molar-refractivity contribution in [3.63, 3.8) is 0 Å². The Labute approximate surface area is 56.6 Å². The van der Waals surface area contributed by atoms with Crippen LogP contribution < -0.4 is 0 Å². The molecule has 0 aliphatic rings. The van der Waals surface area contributed by atoms with Gasteiger partial charge in [0.1, 0.15) is 6.10 Å². The first-order valence-corrected chi connectivity index (χ1v) is 2.62. The van der Waals surface area contributed by atoms with Crippen molar-refractivity contribution in [1.29, 1.82) is 0 Å². The van der Waals surface area contributed by atoms with E-state index < -0.39 is 19.0 Å². The molecular weight excluding hydrogens is 150 g/mol. The highest BCUT2D eigenvalue weighted by Crippen LogP contribution is 2.02. The number of aliphatic hydroxyl groups is 1. The van der Waals surface area contributed by atoms with Crippen LogP contribution in [0.15, 0.2) is 0 Å². The minimum atomic E-state index is -2.53. The smallest absolute Gasteiger partial charge is 0.242 e. The van der Waals surface area contributed by atoms with Gasteiger partial charge in [0.2, 0.25) is 6.43 Å². The van der Waals surface area contributed by atoms with Crippen LogP contribution in [0, 0.1) is 11.3 Å². The normalized spacial score (nSPS) is 12.6. The summed E-state index contributed by atoms with van der Waals surface area (Å²) in [6, 6.07) is 0. The second-order valence-electron chi connectivity index (χ2n) is 1.38. The Bertz CT molecular complexity index is 127. The Morgan fingerprint density at radius 3 is 2.44 bits per heavy atom. The average Bonchev–Trinajstić information content (AvgIpc) is 1.63. The monoisotopic (exact) mass is 154 g/mol. The molecule has 0 heterocycles. The third kappa shape index (κ3) is 5.54. The van der Waals surface area contributed by atoms with E-state index in [-0.39, 0.29) is 0 Å². The standard InChI is InChI=1S/C5H5ClF2O/c6-2-1-4(9)3-5(7)8/h4-5,9H,3H2. The Morgan fingerprint density at radius 2 is 2.11 bits per heavy atom. The summed E-state index contributed by atoms with van der Waals surface area (Å²) < 4.78 is 22.7. The number of hydrogen-bond acceptors (Lipinski definition) is 1. The lowest BCUT2D eigenvalue weighted by atomic mass is 10.3. The zero-order chi connectivity index (χ0) is 7.28. The van der Waals surface area contributed by atoms with Gasteiger partial charge in [0.25, 0.3) is 0 Å². The molecule has 0 aromatic rings. The van der Waals surface area contributed by atoms with Crippen LogP contribution in [0.2, 0.25) is 0 Å². The lowest BCUT2D eigenvalue weighted by Crippen LogP contribution is -2.07. The first-order chi connectivity index (χ1) is 4.16. The molecule has 0 rings (SSSR count). The van der Waals surface area contributed by atoms with Gasteiger partial charge < -0.3 is 5.11 Å². The molecule has 4 heteroatoms. The summed E-state index contributed by atoms with van der Waals surface area (Å²) in [6.07, 6.45) is -4.47. The van der Waals surface area contributed by atoms with Crippen LogP contribution in [-0.2, 0) is 0 Å². The number of hydrogen-bond donors (Lipinski definition) is 1.